The topological polar surface area (TPSA) is 29.1 Å². The summed E-state index contributed by atoms with van der Waals surface area (Å²) < 4.78 is 23.0. The van der Waals surface area contributed by atoms with Crippen LogP contribution in [0.2, 0.25) is 0 Å². The lowest BCUT2D eigenvalue weighted by Crippen LogP contribution is -2.30. The zero-order chi connectivity index (χ0) is 8.69. The highest BCUT2D eigenvalue weighted by atomic mass is 32.2. The zero-order valence-corrected chi connectivity index (χ0v) is 7.09. The van der Waals surface area contributed by atoms with Gasteiger partial charge in [-0.3, -0.25) is 4.79 Å². The Morgan fingerprint density at radius 1 is 1.64 bits per heavy atom. The third kappa shape index (κ3) is 6.09. The molecule has 0 aromatic carbocycles. The summed E-state index contributed by atoms with van der Waals surface area (Å²) in [7, 11) is 0. The molecule has 0 aliphatic heterocycles. The van der Waals surface area contributed by atoms with Gasteiger partial charge < -0.3 is 5.32 Å². The summed E-state index contributed by atoms with van der Waals surface area (Å²) in [4.78, 5) is 10.2. The molecule has 0 fully saturated rings. The van der Waals surface area contributed by atoms with Crippen molar-refractivity contribution in [1.82, 2.24) is 5.32 Å². The summed E-state index contributed by atoms with van der Waals surface area (Å²) in [6, 6.07) is 0. The first-order chi connectivity index (χ1) is 5.18. The standard InChI is InChI=1S/C6H11F2NOS/c1-11-4-2-3-9-6(10)5(7)8/h5H,2-4H2,1H3,(H,9,10). The molecule has 0 spiro atoms. The minimum atomic E-state index is -2.88. The second-order valence-electron chi connectivity index (χ2n) is 1.94. The molecule has 0 aromatic rings. The fourth-order valence-electron chi connectivity index (χ4n) is 0.505. The second-order valence-corrected chi connectivity index (χ2v) is 2.92. The number of hydrogen-bond acceptors (Lipinski definition) is 2. The van der Waals surface area contributed by atoms with E-state index in [-0.39, 0.29) is 0 Å². The first-order valence-corrected chi connectivity index (χ1v) is 4.62. The van der Waals surface area contributed by atoms with Gasteiger partial charge >= 0.3 is 6.43 Å². The summed E-state index contributed by atoms with van der Waals surface area (Å²) in [5.41, 5.74) is 0. The van der Waals surface area contributed by atoms with E-state index >= 15 is 0 Å². The number of thioether (sulfide) groups is 1. The third-order valence-corrected chi connectivity index (χ3v) is 1.72. The van der Waals surface area contributed by atoms with E-state index < -0.39 is 12.3 Å². The molecule has 1 amide bonds. The molecule has 66 valence electrons. The Hall–Kier alpha value is -0.320. The maximum Gasteiger partial charge on any atom is 0.315 e. The van der Waals surface area contributed by atoms with Gasteiger partial charge in [0.2, 0.25) is 0 Å². The van der Waals surface area contributed by atoms with E-state index in [0.717, 1.165) is 12.2 Å². The maximum atomic E-state index is 11.5. The minimum absolute atomic E-state index is 0.337. The van der Waals surface area contributed by atoms with Crippen LogP contribution in [0.15, 0.2) is 0 Å². The molecule has 0 saturated heterocycles. The molecule has 0 bridgehead atoms. The molecular weight excluding hydrogens is 172 g/mol. The van der Waals surface area contributed by atoms with E-state index in [4.69, 9.17) is 0 Å². The van der Waals surface area contributed by atoms with Crippen molar-refractivity contribution in [3.63, 3.8) is 0 Å². The molecule has 11 heavy (non-hydrogen) atoms. The van der Waals surface area contributed by atoms with Crippen LogP contribution < -0.4 is 5.32 Å². The van der Waals surface area contributed by atoms with Gasteiger partial charge in [0.15, 0.2) is 0 Å². The number of carbonyl (C=O) groups is 1. The summed E-state index contributed by atoms with van der Waals surface area (Å²) >= 11 is 1.62. The molecule has 1 N–H and O–H groups in total. The third-order valence-electron chi connectivity index (χ3n) is 1.02. The van der Waals surface area contributed by atoms with Crippen molar-refractivity contribution >= 4 is 17.7 Å². The van der Waals surface area contributed by atoms with Crippen molar-refractivity contribution in [1.29, 1.82) is 0 Å². The minimum Gasteiger partial charge on any atom is -0.351 e. The summed E-state index contributed by atoms with van der Waals surface area (Å²) in [6.45, 7) is 0.337. The molecule has 0 atom stereocenters. The Bertz CT molecular complexity index is 121. The van der Waals surface area contributed by atoms with Crippen LogP contribution >= 0.6 is 11.8 Å². The smallest absolute Gasteiger partial charge is 0.315 e. The van der Waals surface area contributed by atoms with E-state index in [1.54, 1.807) is 11.8 Å². The molecule has 0 radical (unpaired) electrons. The van der Waals surface area contributed by atoms with Gasteiger partial charge in [0.1, 0.15) is 0 Å². The fourth-order valence-corrected chi connectivity index (χ4v) is 0.938. The number of alkyl halides is 2. The Labute approximate surface area is 68.7 Å². The summed E-state index contributed by atoms with van der Waals surface area (Å²) in [5.74, 6) is -0.296. The Kier molecular flexibility index (Phi) is 6.21. The first kappa shape index (κ1) is 10.7. The highest BCUT2D eigenvalue weighted by molar-refractivity contribution is 7.98. The number of carbonyl (C=O) groups excluding carboxylic acids is 1. The molecule has 2 nitrogen and oxygen atoms in total. The van der Waals surface area contributed by atoms with Gasteiger partial charge in [-0.25, -0.2) is 0 Å². The van der Waals surface area contributed by atoms with Crippen LogP contribution in [-0.2, 0) is 4.79 Å². The van der Waals surface area contributed by atoms with Gasteiger partial charge in [0.25, 0.3) is 5.91 Å². The number of halogens is 2. The highest BCUT2D eigenvalue weighted by Crippen LogP contribution is 1.95. The molecule has 0 aliphatic rings. The quantitative estimate of drug-likeness (QED) is 0.647. The van der Waals surface area contributed by atoms with Gasteiger partial charge in [-0.2, -0.15) is 20.5 Å². The number of amides is 1. The summed E-state index contributed by atoms with van der Waals surface area (Å²) in [5, 5.41) is 2.11. The molecule has 0 heterocycles. The average molecular weight is 183 g/mol. The fraction of sp³-hybridized carbons (Fsp3) is 0.833. The van der Waals surface area contributed by atoms with Crippen LogP contribution in [0.5, 0.6) is 0 Å². The zero-order valence-electron chi connectivity index (χ0n) is 6.27. The van der Waals surface area contributed by atoms with Crippen LogP contribution in [0.4, 0.5) is 8.78 Å². The first-order valence-electron chi connectivity index (χ1n) is 3.23. The van der Waals surface area contributed by atoms with Crippen LogP contribution in [-0.4, -0.2) is 30.9 Å². The van der Waals surface area contributed by atoms with E-state index in [1.807, 2.05) is 6.26 Å². The normalized spacial score (nSPS) is 10.2. The molecule has 0 rings (SSSR count). The number of nitrogens with one attached hydrogen (secondary N) is 1. The lowest BCUT2D eigenvalue weighted by atomic mass is 10.4. The van der Waals surface area contributed by atoms with Gasteiger partial charge in [-0.1, -0.05) is 0 Å². The van der Waals surface area contributed by atoms with Crippen molar-refractivity contribution in [3.8, 4) is 0 Å². The van der Waals surface area contributed by atoms with E-state index in [0.29, 0.717) is 6.54 Å². The monoisotopic (exact) mass is 183 g/mol. The largest absolute Gasteiger partial charge is 0.351 e. The lowest BCUT2D eigenvalue weighted by Gasteiger charge is -2.01. The maximum absolute atomic E-state index is 11.5. The van der Waals surface area contributed by atoms with Crippen LogP contribution in [0, 0.1) is 0 Å². The van der Waals surface area contributed by atoms with Crippen molar-refractivity contribution in [2.75, 3.05) is 18.6 Å². The van der Waals surface area contributed by atoms with Crippen molar-refractivity contribution in [2.45, 2.75) is 12.8 Å². The second kappa shape index (κ2) is 6.39. The molecule has 0 saturated carbocycles. The average Bonchev–Trinajstić information content (AvgIpc) is 1.97. The Balaban J connectivity index is 3.18. The van der Waals surface area contributed by atoms with Crippen molar-refractivity contribution in [3.05, 3.63) is 0 Å². The van der Waals surface area contributed by atoms with Crippen LogP contribution in [0.3, 0.4) is 0 Å². The summed E-state index contributed by atoms with van der Waals surface area (Å²) in [6.07, 6.45) is -0.224. The van der Waals surface area contributed by atoms with Crippen LogP contribution in [0.1, 0.15) is 6.42 Å². The molecular formula is C6H11F2NOS. The highest BCUT2D eigenvalue weighted by Gasteiger charge is 2.12. The van der Waals surface area contributed by atoms with Crippen LogP contribution in [0.25, 0.3) is 0 Å². The number of rotatable bonds is 5. The lowest BCUT2D eigenvalue weighted by molar-refractivity contribution is -0.131. The predicted octanol–water partition coefficient (Wildman–Crippen LogP) is 1.12. The van der Waals surface area contributed by atoms with Crippen molar-refractivity contribution < 1.29 is 13.6 Å². The van der Waals surface area contributed by atoms with E-state index in [2.05, 4.69) is 5.32 Å². The number of hydrogen-bond donors (Lipinski definition) is 1. The molecule has 0 unspecified atom stereocenters. The predicted molar refractivity (Wildman–Crippen MR) is 42.0 cm³/mol. The van der Waals surface area contributed by atoms with E-state index in [9.17, 15) is 13.6 Å². The van der Waals surface area contributed by atoms with Gasteiger partial charge in [0, 0.05) is 6.54 Å². The van der Waals surface area contributed by atoms with E-state index in [1.165, 1.54) is 0 Å². The molecule has 0 aromatic heterocycles. The molecule has 5 heteroatoms. The SMILES string of the molecule is CSCCCNC(=O)C(F)F. The van der Waals surface area contributed by atoms with Gasteiger partial charge in [0.05, 0.1) is 0 Å². The van der Waals surface area contributed by atoms with Crippen molar-refractivity contribution in [2.24, 2.45) is 0 Å². The molecule has 0 aliphatic carbocycles. The van der Waals surface area contributed by atoms with Gasteiger partial charge in [-0.15, -0.1) is 0 Å². The Morgan fingerprint density at radius 3 is 2.73 bits per heavy atom. The Morgan fingerprint density at radius 2 is 2.27 bits per heavy atom. The van der Waals surface area contributed by atoms with Gasteiger partial charge in [-0.05, 0) is 18.4 Å².